The molecule has 2 aromatic carbocycles. The number of ketones is 1. The minimum Gasteiger partial charge on any atom is -0.478 e. The third-order valence-corrected chi connectivity index (χ3v) is 3.11. The molecule has 108 valence electrons. The molecule has 0 aliphatic carbocycles. The molecule has 5 heteroatoms. The Labute approximate surface area is 122 Å². The van der Waals surface area contributed by atoms with E-state index in [0.29, 0.717) is 11.1 Å². The molecule has 0 saturated carbocycles. The molecule has 0 heterocycles. The molecule has 2 aromatic rings. The van der Waals surface area contributed by atoms with E-state index in [1.165, 1.54) is 6.07 Å². The van der Waals surface area contributed by atoms with Crippen LogP contribution in [0.15, 0.2) is 42.5 Å². The van der Waals surface area contributed by atoms with Crippen LogP contribution in [0.3, 0.4) is 0 Å². The van der Waals surface area contributed by atoms with Gasteiger partial charge in [-0.15, -0.1) is 0 Å². The summed E-state index contributed by atoms with van der Waals surface area (Å²) in [7, 11) is 0. The fourth-order valence-electron chi connectivity index (χ4n) is 1.93. The zero-order valence-corrected chi connectivity index (χ0v) is 11.8. The van der Waals surface area contributed by atoms with Gasteiger partial charge in [-0.05, 0) is 19.4 Å². The zero-order valence-electron chi connectivity index (χ0n) is 11.8. The molecule has 0 spiro atoms. The summed E-state index contributed by atoms with van der Waals surface area (Å²) in [6, 6.07) is 11.8. The van der Waals surface area contributed by atoms with Crippen molar-refractivity contribution in [2.75, 3.05) is 6.61 Å². The fourth-order valence-corrected chi connectivity index (χ4v) is 1.93. The Morgan fingerprint density at radius 1 is 1.14 bits per heavy atom. The van der Waals surface area contributed by atoms with Gasteiger partial charge in [-0.25, -0.2) is 0 Å². The Morgan fingerprint density at radius 2 is 1.81 bits per heavy atom. The van der Waals surface area contributed by atoms with Gasteiger partial charge >= 0.3 is 5.69 Å². The molecule has 0 atom stereocenters. The first-order valence-electron chi connectivity index (χ1n) is 6.45. The van der Waals surface area contributed by atoms with Gasteiger partial charge in [0.05, 0.1) is 4.92 Å². The van der Waals surface area contributed by atoms with Crippen LogP contribution in [0.2, 0.25) is 0 Å². The molecule has 0 fully saturated rings. The van der Waals surface area contributed by atoms with E-state index >= 15 is 0 Å². The Balaban J connectivity index is 2.15. The SMILES string of the molecule is Cc1ccc(C(=O)COc2c(C)cccc2[N+](=O)[O-])cc1. The Morgan fingerprint density at radius 3 is 2.43 bits per heavy atom. The van der Waals surface area contributed by atoms with Crippen LogP contribution in [0.4, 0.5) is 5.69 Å². The highest BCUT2D eigenvalue weighted by molar-refractivity contribution is 5.97. The second-order valence-corrected chi connectivity index (χ2v) is 4.76. The standard InChI is InChI=1S/C16H15NO4/c1-11-6-8-13(9-7-11)15(18)10-21-16-12(2)4-3-5-14(16)17(19)20/h3-9H,10H2,1-2H3. The molecular formula is C16H15NO4. The average molecular weight is 285 g/mol. The van der Waals surface area contributed by atoms with E-state index in [1.807, 2.05) is 19.1 Å². The smallest absolute Gasteiger partial charge is 0.311 e. The maximum absolute atomic E-state index is 12.0. The lowest BCUT2D eigenvalue weighted by Gasteiger charge is -2.09. The van der Waals surface area contributed by atoms with Crippen molar-refractivity contribution in [2.24, 2.45) is 0 Å². The third-order valence-electron chi connectivity index (χ3n) is 3.11. The van der Waals surface area contributed by atoms with Crippen LogP contribution in [-0.2, 0) is 0 Å². The highest BCUT2D eigenvalue weighted by Crippen LogP contribution is 2.30. The molecule has 0 bridgehead atoms. The number of nitrogens with zero attached hydrogens (tertiary/aromatic N) is 1. The predicted octanol–water partition coefficient (Wildman–Crippen LogP) is 3.47. The van der Waals surface area contributed by atoms with Gasteiger partial charge in [0.15, 0.2) is 12.4 Å². The van der Waals surface area contributed by atoms with Gasteiger partial charge in [0, 0.05) is 11.6 Å². The van der Waals surface area contributed by atoms with Crippen molar-refractivity contribution in [3.8, 4) is 5.75 Å². The van der Waals surface area contributed by atoms with Gasteiger partial charge in [0.2, 0.25) is 5.75 Å². The molecule has 0 radical (unpaired) electrons. The van der Waals surface area contributed by atoms with Crippen LogP contribution in [0.25, 0.3) is 0 Å². The molecule has 0 aromatic heterocycles. The number of hydrogen-bond acceptors (Lipinski definition) is 4. The first-order valence-corrected chi connectivity index (χ1v) is 6.45. The monoisotopic (exact) mass is 285 g/mol. The van der Waals surface area contributed by atoms with Crippen LogP contribution < -0.4 is 4.74 Å². The van der Waals surface area contributed by atoms with E-state index in [2.05, 4.69) is 0 Å². The lowest BCUT2D eigenvalue weighted by molar-refractivity contribution is -0.385. The minimum absolute atomic E-state index is 0.133. The van der Waals surface area contributed by atoms with Crippen molar-refractivity contribution in [1.82, 2.24) is 0 Å². The van der Waals surface area contributed by atoms with Crippen molar-refractivity contribution < 1.29 is 14.5 Å². The number of para-hydroxylation sites is 1. The highest BCUT2D eigenvalue weighted by Gasteiger charge is 2.18. The van der Waals surface area contributed by atoms with Gasteiger partial charge in [0.1, 0.15) is 0 Å². The Bertz CT molecular complexity index is 677. The summed E-state index contributed by atoms with van der Waals surface area (Å²) in [6.07, 6.45) is 0. The first-order chi connectivity index (χ1) is 9.99. The summed E-state index contributed by atoms with van der Waals surface area (Å²) in [5.74, 6) is -0.0736. The highest BCUT2D eigenvalue weighted by atomic mass is 16.6. The fraction of sp³-hybridized carbons (Fsp3) is 0.188. The van der Waals surface area contributed by atoms with Crippen molar-refractivity contribution in [1.29, 1.82) is 0 Å². The topological polar surface area (TPSA) is 69.4 Å². The van der Waals surface area contributed by atoms with E-state index in [0.717, 1.165) is 5.56 Å². The van der Waals surface area contributed by atoms with Crippen LogP contribution in [-0.4, -0.2) is 17.3 Å². The summed E-state index contributed by atoms with van der Waals surface area (Å²) < 4.78 is 5.38. The molecular weight excluding hydrogens is 270 g/mol. The van der Waals surface area contributed by atoms with Crippen LogP contribution in [0, 0.1) is 24.0 Å². The number of hydrogen-bond donors (Lipinski definition) is 0. The second kappa shape index (κ2) is 6.17. The largest absolute Gasteiger partial charge is 0.478 e. The van der Waals surface area contributed by atoms with Crippen molar-refractivity contribution >= 4 is 11.5 Å². The summed E-state index contributed by atoms with van der Waals surface area (Å²) >= 11 is 0. The minimum atomic E-state index is -0.515. The lowest BCUT2D eigenvalue weighted by atomic mass is 10.1. The molecule has 0 unspecified atom stereocenters. The number of ether oxygens (including phenoxy) is 1. The predicted molar refractivity (Wildman–Crippen MR) is 78.8 cm³/mol. The average Bonchev–Trinajstić information content (AvgIpc) is 2.46. The number of aryl methyl sites for hydroxylation is 2. The first kappa shape index (κ1) is 14.7. The van der Waals surface area contributed by atoms with Gasteiger partial charge in [-0.2, -0.15) is 0 Å². The Kier molecular flexibility index (Phi) is 4.33. The second-order valence-electron chi connectivity index (χ2n) is 4.76. The molecule has 0 saturated heterocycles. The number of carbonyl (C=O) groups is 1. The van der Waals surface area contributed by atoms with E-state index in [9.17, 15) is 14.9 Å². The number of carbonyl (C=O) groups excluding carboxylic acids is 1. The van der Waals surface area contributed by atoms with Gasteiger partial charge < -0.3 is 4.74 Å². The molecule has 0 N–H and O–H groups in total. The third kappa shape index (κ3) is 3.45. The van der Waals surface area contributed by atoms with Gasteiger partial charge in [-0.3, -0.25) is 14.9 Å². The number of Topliss-reactive ketones (excluding diaryl/α,β-unsaturated/α-hetero) is 1. The van der Waals surface area contributed by atoms with Crippen LogP contribution in [0.5, 0.6) is 5.75 Å². The van der Waals surface area contributed by atoms with E-state index < -0.39 is 4.92 Å². The number of nitro benzene ring substituents is 1. The van der Waals surface area contributed by atoms with E-state index in [4.69, 9.17) is 4.74 Å². The van der Waals surface area contributed by atoms with Crippen molar-refractivity contribution in [3.63, 3.8) is 0 Å². The maximum Gasteiger partial charge on any atom is 0.311 e. The van der Waals surface area contributed by atoms with E-state index in [1.54, 1.807) is 31.2 Å². The molecule has 0 aliphatic heterocycles. The van der Waals surface area contributed by atoms with Gasteiger partial charge in [0.25, 0.3) is 0 Å². The summed E-state index contributed by atoms with van der Waals surface area (Å²) in [4.78, 5) is 22.5. The lowest BCUT2D eigenvalue weighted by Crippen LogP contribution is -2.13. The Hall–Kier alpha value is -2.69. The van der Waals surface area contributed by atoms with Crippen molar-refractivity contribution in [2.45, 2.75) is 13.8 Å². The normalized spacial score (nSPS) is 10.2. The zero-order chi connectivity index (χ0) is 15.4. The summed E-state index contributed by atoms with van der Waals surface area (Å²) in [5, 5.41) is 11.0. The molecule has 5 nitrogen and oxygen atoms in total. The summed E-state index contributed by atoms with van der Waals surface area (Å²) in [5.41, 5.74) is 2.08. The molecule has 0 aliphatic rings. The molecule has 2 rings (SSSR count). The van der Waals surface area contributed by atoms with Crippen LogP contribution >= 0.6 is 0 Å². The number of rotatable bonds is 5. The van der Waals surface area contributed by atoms with Crippen molar-refractivity contribution in [3.05, 3.63) is 69.3 Å². The maximum atomic E-state index is 12.0. The van der Waals surface area contributed by atoms with Gasteiger partial charge in [-0.1, -0.05) is 42.0 Å². The number of nitro groups is 1. The summed E-state index contributed by atoms with van der Waals surface area (Å²) in [6.45, 7) is 3.41. The molecule has 0 amide bonds. The quantitative estimate of drug-likeness (QED) is 0.479. The van der Waals surface area contributed by atoms with E-state index in [-0.39, 0.29) is 23.8 Å². The molecule has 21 heavy (non-hydrogen) atoms. The number of benzene rings is 2. The van der Waals surface area contributed by atoms with Crippen LogP contribution in [0.1, 0.15) is 21.5 Å².